The van der Waals surface area contributed by atoms with E-state index in [2.05, 4.69) is 6.58 Å². The Bertz CT molecular complexity index is 27.0. The van der Waals surface area contributed by atoms with Gasteiger partial charge in [-0.05, 0) is 6.58 Å². The maximum atomic E-state index is 8.57. The van der Waals surface area contributed by atoms with Gasteiger partial charge in [-0.2, -0.15) is 0 Å². The summed E-state index contributed by atoms with van der Waals surface area (Å²) < 4.78 is 0. The van der Waals surface area contributed by atoms with E-state index in [1.165, 1.54) is 5.94 Å². The van der Waals surface area contributed by atoms with Crippen LogP contribution in [-0.2, 0) is 4.79 Å². The van der Waals surface area contributed by atoms with E-state index in [1.54, 1.807) is 0 Å². The van der Waals surface area contributed by atoms with E-state index in [-0.39, 0.29) is 41.3 Å². The van der Waals surface area contributed by atoms with Crippen LogP contribution in [0.1, 0.15) is 0 Å². The molecule has 0 atom stereocenters. The van der Waals surface area contributed by atoms with Gasteiger partial charge in [0.15, 0.2) is 0 Å². The fourth-order valence-electron chi connectivity index (χ4n) is 0. The first-order valence-electron chi connectivity index (χ1n) is 0.558. The molecule has 1 nitrogen and oxygen atoms in total. The Morgan fingerprint density at radius 1 is 1.75 bits per heavy atom. The standard InChI is InChI=1S/C2H2O.Pr/c1-2-3;/h1H2;. The van der Waals surface area contributed by atoms with Crippen LogP contribution in [0.2, 0.25) is 0 Å². The fraction of sp³-hybridized carbons (Fsp3) is 0. The molecule has 0 amide bonds. The van der Waals surface area contributed by atoms with Crippen LogP contribution in [0, 0.1) is 41.3 Å². The molecule has 4 heavy (non-hydrogen) atoms. The zero-order valence-corrected chi connectivity index (χ0v) is 5.90. The molecule has 0 fully saturated rings. The van der Waals surface area contributed by atoms with Crippen LogP contribution in [-0.4, -0.2) is 5.94 Å². The minimum absolute atomic E-state index is 0. The molecule has 2 heteroatoms. The zero-order chi connectivity index (χ0) is 2.71. The van der Waals surface area contributed by atoms with Gasteiger partial charge in [-0.1, -0.05) is 0 Å². The molecule has 19 valence electrons. The van der Waals surface area contributed by atoms with Gasteiger partial charge >= 0.3 is 0 Å². The molecule has 0 N–H and O–H groups in total. The predicted molar refractivity (Wildman–Crippen MR) is 11.3 cm³/mol. The first-order valence-corrected chi connectivity index (χ1v) is 0.558. The average molecular weight is 183 g/mol. The van der Waals surface area contributed by atoms with Crippen molar-refractivity contribution in [3.63, 3.8) is 0 Å². The second kappa shape index (κ2) is 9.18. The smallest absolute Gasteiger partial charge is 0.116 e. The van der Waals surface area contributed by atoms with Crippen LogP contribution in [0.3, 0.4) is 0 Å². The van der Waals surface area contributed by atoms with E-state index in [0.717, 1.165) is 0 Å². The van der Waals surface area contributed by atoms with Crippen molar-refractivity contribution in [2.75, 3.05) is 0 Å². The summed E-state index contributed by atoms with van der Waals surface area (Å²) >= 11 is 0. The van der Waals surface area contributed by atoms with Crippen molar-refractivity contribution in [3.8, 4) is 0 Å². The minimum Gasteiger partial charge on any atom is -0.234 e. The molecule has 0 aliphatic heterocycles. The van der Waals surface area contributed by atoms with Crippen molar-refractivity contribution in [2.24, 2.45) is 0 Å². The molecule has 0 saturated heterocycles. The summed E-state index contributed by atoms with van der Waals surface area (Å²) in [6.45, 7) is 2.68. The van der Waals surface area contributed by atoms with Gasteiger partial charge in [-0.25, -0.2) is 4.79 Å². The van der Waals surface area contributed by atoms with Crippen molar-refractivity contribution in [3.05, 3.63) is 6.58 Å². The van der Waals surface area contributed by atoms with Crippen molar-refractivity contribution in [1.82, 2.24) is 0 Å². The average Bonchev–Trinajstić information content (AvgIpc) is 0.918. The van der Waals surface area contributed by atoms with Gasteiger partial charge in [0.2, 0.25) is 0 Å². The fourth-order valence-corrected chi connectivity index (χ4v) is 0. The molecule has 0 heterocycles. The third-order valence-electron chi connectivity index (χ3n) is 0. The molecule has 0 aromatic carbocycles. The molecule has 0 bridgehead atoms. The topological polar surface area (TPSA) is 17.1 Å². The normalized spacial score (nSPS) is 2.00. The Hall–Kier alpha value is 0.814. The quantitative estimate of drug-likeness (QED) is 0.483. The molecule has 0 unspecified atom stereocenters. The van der Waals surface area contributed by atoms with Crippen molar-refractivity contribution >= 4 is 5.94 Å². The van der Waals surface area contributed by atoms with Crippen LogP contribution in [0.5, 0.6) is 0 Å². The number of rotatable bonds is 0. The Morgan fingerprint density at radius 2 is 1.75 bits per heavy atom. The summed E-state index contributed by atoms with van der Waals surface area (Å²) in [5.74, 6) is 1.25. The van der Waals surface area contributed by atoms with E-state index in [1.807, 2.05) is 0 Å². The SMILES string of the molecule is C=C=O.[Pr]. The van der Waals surface area contributed by atoms with Gasteiger partial charge in [0, 0.05) is 41.3 Å². The molecule has 1 radical (unpaired) electrons. The Balaban J connectivity index is 0. The van der Waals surface area contributed by atoms with Gasteiger partial charge in [0.05, 0.1) is 0 Å². The van der Waals surface area contributed by atoms with Crippen LogP contribution >= 0.6 is 0 Å². The third kappa shape index (κ3) is 14.0. The van der Waals surface area contributed by atoms with E-state index >= 15 is 0 Å². The van der Waals surface area contributed by atoms with Gasteiger partial charge in [-0.3, -0.25) is 0 Å². The van der Waals surface area contributed by atoms with Crippen molar-refractivity contribution in [1.29, 1.82) is 0 Å². The molecule has 0 spiro atoms. The molecule has 0 aliphatic rings. The van der Waals surface area contributed by atoms with E-state index in [4.69, 9.17) is 4.79 Å². The van der Waals surface area contributed by atoms with Gasteiger partial charge < -0.3 is 0 Å². The Labute approximate surface area is 58.0 Å². The van der Waals surface area contributed by atoms with Crippen LogP contribution in [0.15, 0.2) is 6.58 Å². The van der Waals surface area contributed by atoms with E-state index in [0.29, 0.717) is 0 Å². The molecule has 0 aliphatic carbocycles. The molecule has 0 rings (SSSR count). The first-order chi connectivity index (χ1) is 1.41. The second-order valence-electron chi connectivity index (χ2n) is 0.144. The minimum atomic E-state index is 0. The summed E-state index contributed by atoms with van der Waals surface area (Å²) in [5, 5.41) is 0. The molecule has 0 aromatic rings. The number of hydrogen-bond acceptors (Lipinski definition) is 1. The Kier molecular flexibility index (Phi) is 20.3. The Morgan fingerprint density at radius 3 is 1.75 bits per heavy atom. The summed E-state index contributed by atoms with van der Waals surface area (Å²) in [6, 6.07) is 0. The maximum Gasteiger partial charge on any atom is 0.116 e. The molecule has 0 aromatic heterocycles. The van der Waals surface area contributed by atoms with Crippen LogP contribution in [0.4, 0.5) is 0 Å². The van der Waals surface area contributed by atoms with E-state index < -0.39 is 0 Å². The number of carbonyl (C=O) groups excluding carboxylic acids is 1. The van der Waals surface area contributed by atoms with Crippen LogP contribution in [0.25, 0.3) is 0 Å². The first kappa shape index (κ1) is 8.84. The summed E-state index contributed by atoms with van der Waals surface area (Å²) in [4.78, 5) is 8.57. The zero-order valence-electron chi connectivity index (χ0n) is 2.19. The van der Waals surface area contributed by atoms with Gasteiger partial charge in [-0.15, -0.1) is 0 Å². The molecular formula is C2H2OPr. The van der Waals surface area contributed by atoms with Crippen molar-refractivity contribution < 1.29 is 46.1 Å². The summed E-state index contributed by atoms with van der Waals surface area (Å²) in [6.07, 6.45) is 0. The molecule has 0 saturated carbocycles. The number of hydrogen-bond donors (Lipinski definition) is 0. The summed E-state index contributed by atoms with van der Waals surface area (Å²) in [7, 11) is 0. The molecular weight excluding hydrogens is 181 g/mol. The maximum absolute atomic E-state index is 8.57. The van der Waals surface area contributed by atoms with Crippen LogP contribution < -0.4 is 0 Å². The van der Waals surface area contributed by atoms with Gasteiger partial charge in [0.1, 0.15) is 5.94 Å². The summed E-state index contributed by atoms with van der Waals surface area (Å²) in [5.41, 5.74) is 0. The monoisotopic (exact) mass is 183 g/mol. The van der Waals surface area contributed by atoms with Gasteiger partial charge in [0.25, 0.3) is 0 Å². The second-order valence-corrected chi connectivity index (χ2v) is 0.144. The van der Waals surface area contributed by atoms with E-state index in [9.17, 15) is 0 Å². The predicted octanol–water partition coefficient (Wildman–Crippen LogP) is 0.00400. The third-order valence-corrected chi connectivity index (χ3v) is 0. The van der Waals surface area contributed by atoms with Crippen molar-refractivity contribution in [2.45, 2.75) is 0 Å². The largest absolute Gasteiger partial charge is 0.234 e.